The normalized spacial score (nSPS) is 20.9. The molecular weight excluding hydrogens is 410 g/mol. The Labute approximate surface area is 170 Å². The van der Waals surface area contributed by atoms with Crippen LogP contribution >= 0.6 is 15.9 Å². The van der Waals surface area contributed by atoms with Crippen LogP contribution in [0.5, 0.6) is 0 Å². The van der Waals surface area contributed by atoms with E-state index in [0.717, 1.165) is 10.0 Å². The average molecular weight is 440 g/mol. The lowest BCUT2D eigenvalue weighted by atomic mass is 9.87. The summed E-state index contributed by atoms with van der Waals surface area (Å²) in [5, 5.41) is 0. The van der Waals surface area contributed by atoms with E-state index in [1.165, 1.54) is 0 Å². The highest BCUT2D eigenvalue weighted by Gasteiger charge is 2.39. The van der Waals surface area contributed by atoms with Crippen molar-refractivity contribution in [2.75, 3.05) is 6.54 Å². The molecule has 1 aromatic carbocycles. The molecule has 0 bridgehead atoms. The Balaban J connectivity index is 2.24. The summed E-state index contributed by atoms with van der Waals surface area (Å²) in [6.45, 7) is 11.6. The second-order valence-electron chi connectivity index (χ2n) is 9.00. The van der Waals surface area contributed by atoms with Crippen LogP contribution in [0.4, 0.5) is 4.79 Å². The highest BCUT2D eigenvalue weighted by atomic mass is 79.9. The average Bonchev–Trinajstić information content (AvgIpc) is 2.52. The molecule has 1 fully saturated rings. The second kappa shape index (κ2) is 8.21. The number of carbonyl (C=O) groups excluding carboxylic acids is 2. The van der Waals surface area contributed by atoms with Crippen molar-refractivity contribution >= 4 is 28.0 Å². The van der Waals surface area contributed by atoms with E-state index in [1.807, 2.05) is 65.8 Å². The molecule has 1 heterocycles. The summed E-state index contributed by atoms with van der Waals surface area (Å²) >= 11 is 3.44. The van der Waals surface area contributed by atoms with Gasteiger partial charge in [0.1, 0.15) is 11.2 Å². The van der Waals surface area contributed by atoms with Crippen LogP contribution in [0.3, 0.4) is 0 Å². The number of esters is 1. The highest BCUT2D eigenvalue weighted by molar-refractivity contribution is 9.10. The maximum atomic E-state index is 12.7. The number of amides is 1. The van der Waals surface area contributed by atoms with E-state index in [1.54, 1.807) is 4.90 Å². The van der Waals surface area contributed by atoms with E-state index < -0.39 is 11.2 Å². The maximum absolute atomic E-state index is 12.7. The Morgan fingerprint density at radius 3 is 2.07 bits per heavy atom. The molecule has 2 rings (SSSR count). The van der Waals surface area contributed by atoms with Crippen molar-refractivity contribution in [2.45, 2.75) is 71.6 Å². The Morgan fingerprint density at radius 2 is 1.56 bits per heavy atom. The van der Waals surface area contributed by atoms with Gasteiger partial charge in [0.05, 0.1) is 12.0 Å². The first kappa shape index (κ1) is 21.7. The summed E-state index contributed by atoms with van der Waals surface area (Å²) < 4.78 is 12.1. The van der Waals surface area contributed by atoms with Gasteiger partial charge in [0.25, 0.3) is 0 Å². The van der Waals surface area contributed by atoms with Crippen LogP contribution in [0.15, 0.2) is 28.7 Å². The Morgan fingerprint density at radius 1 is 1.00 bits per heavy atom. The van der Waals surface area contributed by atoms with Gasteiger partial charge in [-0.1, -0.05) is 28.1 Å². The lowest BCUT2D eigenvalue weighted by molar-refractivity contribution is -0.162. The number of hydrogen-bond donors (Lipinski definition) is 0. The minimum Gasteiger partial charge on any atom is -0.460 e. The van der Waals surface area contributed by atoms with E-state index in [-0.39, 0.29) is 24.0 Å². The number of likely N-dealkylation sites (tertiary alicyclic amines) is 1. The molecule has 0 N–H and O–H groups in total. The molecule has 1 saturated heterocycles. The zero-order valence-corrected chi connectivity index (χ0v) is 18.6. The predicted molar refractivity (Wildman–Crippen MR) is 108 cm³/mol. The summed E-state index contributed by atoms with van der Waals surface area (Å²) in [5.41, 5.74) is -0.104. The first-order valence-corrected chi connectivity index (χ1v) is 10.1. The minimum atomic E-state index is -0.566. The molecule has 0 radical (unpaired) electrons. The van der Waals surface area contributed by atoms with Crippen molar-refractivity contribution in [1.82, 2.24) is 4.90 Å². The number of halogens is 1. The molecule has 1 aromatic rings. The fourth-order valence-corrected chi connectivity index (χ4v) is 3.37. The molecule has 6 heteroatoms. The van der Waals surface area contributed by atoms with E-state index >= 15 is 0 Å². The van der Waals surface area contributed by atoms with E-state index in [9.17, 15) is 9.59 Å². The third-order valence-corrected chi connectivity index (χ3v) is 4.75. The Hall–Kier alpha value is -1.56. The van der Waals surface area contributed by atoms with Crippen LogP contribution in [-0.4, -0.2) is 34.7 Å². The standard InChI is InChI=1S/C21H30BrNO4/c1-20(2,3)26-18(24)15-11-12-23(19(25)27-21(4,5)6)17(13-15)14-7-9-16(22)10-8-14/h7-10,15,17H,11-13H2,1-6H3/t15?,17-/m0/s1. The number of carbonyl (C=O) groups is 2. The van der Waals surface area contributed by atoms with Crippen LogP contribution in [0.1, 0.15) is 66.0 Å². The van der Waals surface area contributed by atoms with Crippen molar-refractivity contribution in [3.8, 4) is 0 Å². The van der Waals surface area contributed by atoms with Gasteiger partial charge < -0.3 is 14.4 Å². The molecule has 150 valence electrons. The molecule has 0 aliphatic carbocycles. The van der Waals surface area contributed by atoms with Crippen LogP contribution < -0.4 is 0 Å². The lowest BCUT2D eigenvalue weighted by Gasteiger charge is -2.40. The lowest BCUT2D eigenvalue weighted by Crippen LogP contribution is -2.45. The molecule has 1 unspecified atom stereocenters. The Kier molecular flexibility index (Phi) is 6.61. The number of benzene rings is 1. The summed E-state index contributed by atoms with van der Waals surface area (Å²) in [4.78, 5) is 27.1. The highest BCUT2D eigenvalue weighted by Crippen LogP contribution is 2.36. The van der Waals surface area contributed by atoms with Crippen LogP contribution in [0, 0.1) is 5.92 Å². The van der Waals surface area contributed by atoms with Crippen molar-refractivity contribution in [2.24, 2.45) is 5.92 Å². The summed E-state index contributed by atoms with van der Waals surface area (Å²) in [6, 6.07) is 7.62. The molecular formula is C21H30BrNO4. The predicted octanol–water partition coefficient (Wildman–Crippen LogP) is 5.48. The third-order valence-electron chi connectivity index (χ3n) is 4.23. The van der Waals surface area contributed by atoms with Gasteiger partial charge >= 0.3 is 12.1 Å². The third kappa shape index (κ3) is 6.52. The van der Waals surface area contributed by atoms with Crippen molar-refractivity contribution < 1.29 is 19.1 Å². The van der Waals surface area contributed by atoms with Gasteiger partial charge in [-0.15, -0.1) is 0 Å². The monoisotopic (exact) mass is 439 g/mol. The van der Waals surface area contributed by atoms with Crippen LogP contribution in [0.25, 0.3) is 0 Å². The first-order chi connectivity index (χ1) is 12.4. The molecule has 0 spiro atoms. The van der Waals surface area contributed by atoms with Gasteiger partial charge in [0.15, 0.2) is 0 Å². The van der Waals surface area contributed by atoms with Gasteiger partial charge in [0, 0.05) is 11.0 Å². The van der Waals surface area contributed by atoms with Gasteiger partial charge in [-0.05, 0) is 72.1 Å². The van der Waals surface area contributed by atoms with Crippen molar-refractivity contribution in [3.63, 3.8) is 0 Å². The fraction of sp³-hybridized carbons (Fsp3) is 0.619. The number of hydrogen-bond acceptors (Lipinski definition) is 4. The van der Waals surface area contributed by atoms with Gasteiger partial charge in [-0.25, -0.2) is 4.79 Å². The number of piperidine rings is 1. The second-order valence-corrected chi connectivity index (χ2v) is 9.91. The fourth-order valence-electron chi connectivity index (χ4n) is 3.10. The molecule has 27 heavy (non-hydrogen) atoms. The van der Waals surface area contributed by atoms with Crippen LogP contribution in [-0.2, 0) is 14.3 Å². The molecule has 1 aliphatic rings. The number of ether oxygens (including phenoxy) is 2. The molecule has 0 aromatic heterocycles. The molecule has 5 nitrogen and oxygen atoms in total. The van der Waals surface area contributed by atoms with E-state index in [0.29, 0.717) is 19.4 Å². The van der Waals surface area contributed by atoms with Crippen molar-refractivity contribution in [1.29, 1.82) is 0 Å². The smallest absolute Gasteiger partial charge is 0.410 e. The summed E-state index contributed by atoms with van der Waals surface area (Å²) in [5.74, 6) is -0.440. The molecule has 0 saturated carbocycles. The van der Waals surface area contributed by atoms with E-state index in [2.05, 4.69) is 15.9 Å². The molecule has 1 aliphatic heterocycles. The Bertz CT molecular complexity index is 673. The van der Waals surface area contributed by atoms with Gasteiger partial charge in [-0.3, -0.25) is 4.79 Å². The molecule has 2 atom stereocenters. The zero-order valence-electron chi connectivity index (χ0n) is 17.0. The SMILES string of the molecule is CC(C)(C)OC(=O)C1CCN(C(=O)OC(C)(C)C)[C@H](c2ccc(Br)cc2)C1. The van der Waals surface area contributed by atoms with Crippen LogP contribution in [0.2, 0.25) is 0 Å². The zero-order chi connectivity index (χ0) is 20.4. The largest absolute Gasteiger partial charge is 0.460 e. The first-order valence-electron chi connectivity index (χ1n) is 9.34. The van der Waals surface area contributed by atoms with Crippen molar-refractivity contribution in [3.05, 3.63) is 34.3 Å². The maximum Gasteiger partial charge on any atom is 0.410 e. The molecule has 1 amide bonds. The number of nitrogens with zero attached hydrogens (tertiary/aromatic N) is 1. The minimum absolute atomic E-state index is 0.201. The van der Waals surface area contributed by atoms with E-state index in [4.69, 9.17) is 9.47 Å². The quantitative estimate of drug-likeness (QED) is 0.572. The topological polar surface area (TPSA) is 55.8 Å². The van der Waals surface area contributed by atoms with Gasteiger partial charge in [0.2, 0.25) is 0 Å². The summed E-state index contributed by atoms with van der Waals surface area (Å²) in [6.07, 6.45) is 0.745. The van der Waals surface area contributed by atoms with Gasteiger partial charge in [-0.2, -0.15) is 0 Å². The summed E-state index contributed by atoms with van der Waals surface area (Å²) in [7, 11) is 0. The number of rotatable bonds is 2.